The number of hydrogen-bond donors (Lipinski definition) is 4. The number of aliphatic hydroxyl groups is 1. The molecule has 0 atom stereocenters. The van der Waals surface area contributed by atoms with Crippen LogP contribution >= 0.6 is 11.6 Å². The standard InChI is InChI=1S/C25H26ClF4N7O2/c1-15-21(27)23(37-7-5-36(6-8-37)9-10-38)34-24(32-15)35-31-14-16-11-19(13-20(26)22(16)39)33-18-4-2-3-17(12-18)25(28,29)30/h2-4,11-14,33,38-39H,5-10H2,1H3,(H,32,34,35)/b31-14+. The van der Waals surface area contributed by atoms with Crippen molar-refractivity contribution in [3.63, 3.8) is 0 Å². The molecule has 1 aliphatic heterocycles. The smallest absolute Gasteiger partial charge is 0.416 e. The summed E-state index contributed by atoms with van der Waals surface area (Å²) < 4.78 is 53.9. The summed E-state index contributed by atoms with van der Waals surface area (Å²) in [5.74, 6) is -0.684. The molecule has 2 heterocycles. The van der Waals surface area contributed by atoms with E-state index in [2.05, 4.69) is 30.7 Å². The molecular weight excluding hydrogens is 542 g/mol. The number of hydrogen-bond acceptors (Lipinski definition) is 9. The van der Waals surface area contributed by atoms with E-state index >= 15 is 0 Å². The second kappa shape index (κ2) is 12.0. The Balaban J connectivity index is 1.49. The summed E-state index contributed by atoms with van der Waals surface area (Å²) in [7, 11) is 0. The number of β-amino-alcohol motifs (C(OH)–C–C–N with tert-alkyl or cyclic N) is 1. The van der Waals surface area contributed by atoms with E-state index in [1.807, 2.05) is 0 Å². The highest BCUT2D eigenvalue weighted by molar-refractivity contribution is 6.32. The highest BCUT2D eigenvalue weighted by Gasteiger charge is 2.30. The Kier molecular flexibility index (Phi) is 8.73. The number of anilines is 4. The van der Waals surface area contributed by atoms with Crippen molar-refractivity contribution < 1.29 is 27.8 Å². The summed E-state index contributed by atoms with van der Waals surface area (Å²) in [6.07, 6.45) is -3.27. The lowest BCUT2D eigenvalue weighted by Crippen LogP contribution is -2.47. The van der Waals surface area contributed by atoms with E-state index in [0.29, 0.717) is 38.4 Å². The van der Waals surface area contributed by atoms with Gasteiger partial charge >= 0.3 is 6.18 Å². The summed E-state index contributed by atoms with van der Waals surface area (Å²) >= 11 is 6.12. The number of aromatic hydroxyl groups is 1. The molecule has 9 nitrogen and oxygen atoms in total. The van der Waals surface area contributed by atoms with Gasteiger partial charge in [-0.2, -0.15) is 23.3 Å². The Morgan fingerprint density at radius 1 is 1.10 bits per heavy atom. The van der Waals surface area contributed by atoms with Gasteiger partial charge in [-0.25, -0.2) is 14.8 Å². The molecule has 0 amide bonds. The van der Waals surface area contributed by atoms with Crippen LogP contribution in [-0.2, 0) is 6.18 Å². The van der Waals surface area contributed by atoms with Crippen LogP contribution in [0.4, 0.5) is 40.7 Å². The predicted molar refractivity (Wildman–Crippen MR) is 142 cm³/mol. The maximum atomic E-state index is 14.8. The number of phenols is 1. The molecule has 0 bridgehead atoms. The van der Waals surface area contributed by atoms with Gasteiger partial charge in [-0.1, -0.05) is 17.7 Å². The van der Waals surface area contributed by atoms with E-state index in [1.54, 1.807) is 4.90 Å². The number of rotatable bonds is 8. The number of aliphatic hydroxyl groups excluding tert-OH is 1. The van der Waals surface area contributed by atoms with Crippen molar-refractivity contribution >= 4 is 41.0 Å². The van der Waals surface area contributed by atoms with Crippen LogP contribution in [0.25, 0.3) is 0 Å². The number of nitrogens with zero attached hydrogens (tertiary/aromatic N) is 5. The van der Waals surface area contributed by atoms with E-state index < -0.39 is 17.6 Å². The molecule has 0 spiro atoms. The second-order valence-electron chi connectivity index (χ2n) is 8.79. The molecule has 1 aromatic heterocycles. The van der Waals surface area contributed by atoms with Crippen LogP contribution < -0.4 is 15.6 Å². The number of alkyl halides is 3. The molecule has 0 saturated carbocycles. The molecule has 208 valence electrons. The largest absolute Gasteiger partial charge is 0.506 e. The van der Waals surface area contributed by atoms with Crippen molar-refractivity contribution in [1.29, 1.82) is 0 Å². The predicted octanol–water partition coefficient (Wildman–Crippen LogP) is 4.61. The average Bonchev–Trinajstić information content (AvgIpc) is 2.89. The molecule has 1 aliphatic rings. The van der Waals surface area contributed by atoms with E-state index in [-0.39, 0.29) is 46.1 Å². The third-order valence-electron chi connectivity index (χ3n) is 6.03. The van der Waals surface area contributed by atoms with Gasteiger partial charge in [-0.3, -0.25) is 4.90 Å². The average molecular weight is 568 g/mol. The summed E-state index contributed by atoms with van der Waals surface area (Å²) in [4.78, 5) is 12.2. The molecule has 2 aromatic carbocycles. The van der Waals surface area contributed by atoms with Crippen LogP contribution in [0.2, 0.25) is 5.02 Å². The number of hydrazone groups is 1. The first-order valence-electron chi connectivity index (χ1n) is 11.9. The Morgan fingerprint density at radius 2 is 1.85 bits per heavy atom. The summed E-state index contributed by atoms with van der Waals surface area (Å²) in [5, 5.41) is 26.3. The minimum absolute atomic E-state index is 0.0294. The third kappa shape index (κ3) is 7.05. The van der Waals surface area contributed by atoms with Gasteiger partial charge < -0.3 is 20.4 Å². The molecule has 3 aromatic rings. The van der Waals surface area contributed by atoms with Crippen LogP contribution in [0.15, 0.2) is 41.5 Å². The van der Waals surface area contributed by atoms with Crippen LogP contribution in [0.1, 0.15) is 16.8 Å². The summed E-state index contributed by atoms with van der Waals surface area (Å²) in [6.45, 7) is 4.45. The maximum absolute atomic E-state index is 14.8. The van der Waals surface area contributed by atoms with Gasteiger partial charge in [-0.15, -0.1) is 0 Å². The highest BCUT2D eigenvalue weighted by Crippen LogP contribution is 2.34. The first-order chi connectivity index (χ1) is 18.5. The minimum atomic E-state index is -4.50. The molecule has 0 unspecified atom stereocenters. The van der Waals surface area contributed by atoms with Crippen molar-refractivity contribution in [2.75, 3.05) is 55.0 Å². The lowest BCUT2D eigenvalue weighted by Gasteiger charge is -2.35. The van der Waals surface area contributed by atoms with Crippen LogP contribution in [0, 0.1) is 12.7 Å². The Bertz CT molecular complexity index is 1350. The van der Waals surface area contributed by atoms with Crippen LogP contribution in [0.3, 0.4) is 0 Å². The number of phenolic OH excluding ortho intramolecular Hbond substituents is 1. The second-order valence-corrected chi connectivity index (χ2v) is 9.20. The van der Waals surface area contributed by atoms with E-state index in [1.165, 1.54) is 37.4 Å². The molecule has 1 fully saturated rings. The number of halogens is 5. The molecule has 4 rings (SSSR count). The SMILES string of the molecule is Cc1nc(N/N=C/c2cc(Nc3cccc(C(F)(F)F)c3)cc(Cl)c2O)nc(N2CCN(CCO)CC2)c1F. The summed E-state index contributed by atoms with van der Waals surface area (Å²) in [5.41, 5.74) is 2.57. The van der Waals surface area contributed by atoms with Gasteiger partial charge in [-0.05, 0) is 37.3 Å². The maximum Gasteiger partial charge on any atom is 0.416 e. The molecule has 14 heteroatoms. The number of aromatic nitrogens is 2. The van der Waals surface area contributed by atoms with Gasteiger partial charge in [0.15, 0.2) is 11.6 Å². The topological polar surface area (TPSA) is 109 Å². The number of benzene rings is 2. The highest BCUT2D eigenvalue weighted by atomic mass is 35.5. The van der Waals surface area contributed by atoms with Gasteiger partial charge in [0.2, 0.25) is 5.95 Å². The van der Waals surface area contributed by atoms with Crippen molar-refractivity contribution in [1.82, 2.24) is 14.9 Å². The van der Waals surface area contributed by atoms with Crippen molar-refractivity contribution in [3.05, 3.63) is 64.1 Å². The van der Waals surface area contributed by atoms with Gasteiger partial charge in [0, 0.05) is 49.7 Å². The first-order valence-corrected chi connectivity index (χ1v) is 12.3. The van der Waals surface area contributed by atoms with Crippen LogP contribution in [-0.4, -0.2) is 70.6 Å². The number of nitrogens with one attached hydrogen (secondary N) is 2. The monoisotopic (exact) mass is 567 g/mol. The molecule has 1 saturated heterocycles. The Morgan fingerprint density at radius 3 is 2.54 bits per heavy atom. The van der Waals surface area contributed by atoms with Gasteiger partial charge in [0.05, 0.1) is 29.1 Å². The van der Waals surface area contributed by atoms with Crippen LogP contribution in [0.5, 0.6) is 5.75 Å². The first kappa shape index (κ1) is 28.3. The lowest BCUT2D eigenvalue weighted by atomic mass is 10.1. The fraction of sp³-hybridized carbons (Fsp3) is 0.320. The van der Waals surface area contributed by atoms with E-state index in [9.17, 15) is 22.7 Å². The van der Waals surface area contributed by atoms with Gasteiger partial charge in [0.1, 0.15) is 5.75 Å². The lowest BCUT2D eigenvalue weighted by molar-refractivity contribution is -0.137. The Labute approximate surface area is 226 Å². The third-order valence-corrected chi connectivity index (χ3v) is 6.32. The fourth-order valence-corrected chi connectivity index (χ4v) is 4.25. The van der Waals surface area contributed by atoms with Crippen molar-refractivity contribution in [3.8, 4) is 5.75 Å². The quantitative estimate of drug-likeness (QED) is 0.135. The van der Waals surface area contributed by atoms with E-state index in [4.69, 9.17) is 16.7 Å². The fourth-order valence-electron chi connectivity index (χ4n) is 4.02. The normalized spacial score (nSPS) is 14.7. The number of piperazine rings is 1. The molecule has 4 N–H and O–H groups in total. The molecule has 0 aliphatic carbocycles. The molecule has 39 heavy (non-hydrogen) atoms. The zero-order valence-corrected chi connectivity index (χ0v) is 21.6. The zero-order valence-electron chi connectivity index (χ0n) is 20.8. The molecule has 0 radical (unpaired) electrons. The number of aryl methyl sites for hydroxylation is 1. The molecular formula is C25H26ClF4N7O2. The summed E-state index contributed by atoms with van der Waals surface area (Å²) in [6, 6.07) is 7.45. The van der Waals surface area contributed by atoms with Gasteiger partial charge in [0.25, 0.3) is 0 Å². The van der Waals surface area contributed by atoms with Crippen molar-refractivity contribution in [2.24, 2.45) is 5.10 Å². The Hall–Kier alpha value is -3.68. The van der Waals surface area contributed by atoms with E-state index in [0.717, 1.165) is 12.1 Å². The minimum Gasteiger partial charge on any atom is -0.506 e. The van der Waals surface area contributed by atoms with Crippen molar-refractivity contribution in [2.45, 2.75) is 13.1 Å². The zero-order chi connectivity index (χ0) is 28.2.